The summed E-state index contributed by atoms with van der Waals surface area (Å²) in [6.07, 6.45) is 3.56. The maximum atomic E-state index is 6.30. The number of halogens is 1. The monoisotopic (exact) mass is 302 g/mol. The molecule has 0 radical (unpaired) electrons. The van der Waals surface area contributed by atoms with E-state index in [1.807, 2.05) is 0 Å². The summed E-state index contributed by atoms with van der Waals surface area (Å²) in [6.45, 7) is 4.33. The van der Waals surface area contributed by atoms with Gasteiger partial charge in [-0.2, -0.15) is 0 Å². The first-order valence-corrected chi connectivity index (χ1v) is 7.95. The van der Waals surface area contributed by atoms with Gasteiger partial charge in [0.15, 0.2) is 0 Å². The molecular formula is C16H15ClN2S. The molecule has 0 unspecified atom stereocenters. The van der Waals surface area contributed by atoms with Gasteiger partial charge in [0.25, 0.3) is 0 Å². The predicted octanol–water partition coefficient (Wildman–Crippen LogP) is 5.14. The van der Waals surface area contributed by atoms with Crippen LogP contribution in [0.25, 0.3) is 21.3 Å². The van der Waals surface area contributed by atoms with Crippen LogP contribution in [0.15, 0.2) is 30.6 Å². The lowest BCUT2D eigenvalue weighted by molar-refractivity contribution is 1.14. The number of hydrogen-bond acceptors (Lipinski definition) is 3. The van der Waals surface area contributed by atoms with Crippen molar-refractivity contribution in [2.75, 3.05) is 0 Å². The lowest BCUT2D eigenvalue weighted by Gasteiger charge is -2.05. The molecule has 0 spiro atoms. The van der Waals surface area contributed by atoms with Crippen LogP contribution in [0.1, 0.15) is 24.3 Å². The number of nitrogens with zero attached hydrogens (tertiary/aromatic N) is 2. The van der Waals surface area contributed by atoms with Crippen LogP contribution in [0.2, 0.25) is 5.15 Å². The van der Waals surface area contributed by atoms with E-state index in [4.69, 9.17) is 11.6 Å². The van der Waals surface area contributed by atoms with Gasteiger partial charge in [-0.15, -0.1) is 11.3 Å². The van der Waals surface area contributed by atoms with Crippen molar-refractivity contribution in [3.05, 3.63) is 46.2 Å². The zero-order valence-electron chi connectivity index (χ0n) is 11.5. The molecule has 0 aliphatic rings. The third kappa shape index (κ3) is 2.21. The van der Waals surface area contributed by atoms with Gasteiger partial charge in [-0.3, -0.25) is 0 Å². The van der Waals surface area contributed by atoms with Crippen LogP contribution in [0, 0.1) is 0 Å². The quantitative estimate of drug-likeness (QED) is 0.626. The van der Waals surface area contributed by atoms with Gasteiger partial charge in [0.05, 0.1) is 5.39 Å². The molecule has 3 rings (SSSR count). The summed E-state index contributed by atoms with van der Waals surface area (Å²) in [7, 11) is 0. The third-order valence-corrected chi connectivity index (χ3v) is 5.02. The summed E-state index contributed by atoms with van der Waals surface area (Å²) in [6, 6.07) is 8.69. The Morgan fingerprint density at radius 1 is 1.05 bits per heavy atom. The number of thiophene rings is 1. The minimum Gasteiger partial charge on any atom is -0.225 e. The lowest BCUT2D eigenvalue weighted by Crippen LogP contribution is -1.86. The van der Waals surface area contributed by atoms with E-state index in [1.54, 1.807) is 11.3 Å². The van der Waals surface area contributed by atoms with E-state index < -0.39 is 0 Å². The summed E-state index contributed by atoms with van der Waals surface area (Å²) in [5, 5.41) is 1.53. The smallest absolute Gasteiger partial charge is 0.141 e. The van der Waals surface area contributed by atoms with Crippen molar-refractivity contribution >= 4 is 33.2 Å². The highest BCUT2D eigenvalue weighted by Crippen LogP contribution is 2.40. The summed E-state index contributed by atoms with van der Waals surface area (Å²) < 4.78 is 0. The zero-order chi connectivity index (χ0) is 14.1. The molecule has 2 aromatic heterocycles. The summed E-state index contributed by atoms with van der Waals surface area (Å²) in [5.74, 6) is 0. The van der Waals surface area contributed by atoms with Crippen LogP contribution in [0.4, 0.5) is 0 Å². The summed E-state index contributed by atoms with van der Waals surface area (Å²) >= 11 is 8.00. The van der Waals surface area contributed by atoms with Crippen LogP contribution in [0.5, 0.6) is 0 Å². The molecule has 20 heavy (non-hydrogen) atoms. The molecule has 0 aliphatic heterocycles. The second-order valence-electron chi connectivity index (χ2n) is 4.65. The standard InChI is InChI=1S/C16H15ClN2S/c1-3-10-5-7-11(8-6-10)13-12(4-2)20-16-14(13)15(17)18-9-19-16/h5-9H,3-4H2,1-2H3. The molecule has 0 aliphatic carbocycles. The predicted molar refractivity (Wildman–Crippen MR) is 86.6 cm³/mol. The van der Waals surface area contributed by atoms with Crippen molar-refractivity contribution in [1.82, 2.24) is 9.97 Å². The molecule has 2 heterocycles. The van der Waals surface area contributed by atoms with Gasteiger partial charge >= 0.3 is 0 Å². The minimum absolute atomic E-state index is 0.542. The highest BCUT2D eigenvalue weighted by molar-refractivity contribution is 7.19. The zero-order valence-corrected chi connectivity index (χ0v) is 13.1. The van der Waals surface area contributed by atoms with Gasteiger partial charge in [0, 0.05) is 10.4 Å². The topological polar surface area (TPSA) is 25.8 Å². The highest BCUT2D eigenvalue weighted by atomic mass is 35.5. The second-order valence-corrected chi connectivity index (χ2v) is 6.09. The van der Waals surface area contributed by atoms with Crippen molar-refractivity contribution in [2.45, 2.75) is 26.7 Å². The number of aromatic nitrogens is 2. The molecule has 0 bridgehead atoms. The van der Waals surface area contributed by atoms with Crippen LogP contribution < -0.4 is 0 Å². The molecule has 1 aromatic carbocycles. The fourth-order valence-electron chi connectivity index (χ4n) is 2.41. The number of aryl methyl sites for hydroxylation is 2. The molecule has 0 saturated heterocycles. The Balaban J connectivity index is 2.27. The molecule has 3 aromatic rings. The van der Waals surface area contributed by atoms with E-state index in [0.717, 1.165) is 23.1 Å². The number of hydrogen-bond donors (Lipinski definition) is 0. The average molecular weight is 303 g/mol. The highest BCUT2D eigenvalue weighted by Gasteiger charge is 2.16. The Hall–Kier alpha value is -1.45. The fraction of sp³-hybridized carbons (Fsp3) is 0.250. The first-order chi connectivity index (χ1) is 9.74. The van der Waals surface area contributed by atoms with Crippen molar-refractivity contribution < 1.29 is 0 Å². The lowest BCUT2D eigenvalue weighted by atomic mass is 10.0. The first kappa shape index (κ1) is 13.5. The van der Waals surface area contributed by atoms with E-state index in [-0.39, 0.29) is 0 Å². The molecule has 4 heteroatoms. The van der Waals surface area contributed by atoms with E-state index in [0.29, 0.717) is 5.15 Å². The van der Waals surface area contributed by atoms with Gasteiger partial charge in [-0.25, -0.2) is 9.97 Å². The first-order valence-electron chi connectivity index (χ1n) is 6.75. The Kier molecular flexibility index (Phi) is 3.72. The fourth-order valence-corrected chi connectivity index (χ4v) is 3.79. The van der Waals surface area contributed by atoms with Crippen molar-refractivity contribution in [1.29, 1.82) is 0 Å². The molecule has 0 atom stereocenters. The van der Waals surface area contributed by atoms with Gasteiger partial charge in [0.2, 0.25) is 0 Å². The Bertz CT molecular complexity index is 747. The average Bonchev–Trinajstić information content (AvgIpc) is 2.87. The van der Waals surface area contributed by atoms with E-state index in [1.165, 1.54) is 27.9 Å². The number of benzene rings is 1. The second kappa shape index (κ2) is 5.51. The van der Waals surface area contributed by atoms with Crippen LogP contribution in [0.3, 0.4) is 0 Å². The van der Waals surface area contributed by atoms with Gasteiger partial charge < -0.3 is 0 Å². The Morgan fingerprint density at radius 2 is 1.80 bits per heavy atom. The number of rotatable bonds is 3. The van der Waals surface area contributed by atoms with Gasteiger partial charge in [-0.05, 0) is 24.0 Å². The van der Waals surface area contributed by atoms with Gasteiger partial charge in [0.1, 0.15) is 16.3 Å². The van der Waals surface area contributed by atoms with Crippen LogP contribution in [-0.4, -0.2) is 9.97 Å². The normalized spacial score (nSPS) is 11.2. The summed E-state index contributed by atoms with van der Waals surface area (Å²) in [5.41, 5.74) is 3.73. The van der Waals surface area contributed by atoms with Crippen LogP contribution >= 0.6 is 22.9 Å². The number of fused-ring (bicyclic) bond motifs is 1. The Labute approximate surface area is 127 Å². The maximum Gasteiger partial charge on any atom is 0.141 e. The third-order valence-electron chi connectivity index (χ3n) is 3.49. The SMILES string of the molecule is CCc1ccc(-c2c(CC)sc3ncnc(Cl)c23)cc1. The molecule has 0 fully saturated rings. The van der Waals surface area contributed by atoms with E-state index >= 15 is 0 Å². The molecule has 0 N–H and O–H groups in total. The molecule has 0 saturated carbocycles. The van der Waals surface area contributed by atoms with E-state index in [2.05, 4.69) is 48.1 Å². The molecule has 0 amide bonds. The van der Waals surface area contributed by atoms with Crippen molar-refractivity contribution in [3.63, 3.8) is 0 Å². The largest absolute Gasteiger partial charge is 0.225 e. The van der Waals surface area contributed by atoms with Crippen molar-refractivity contribution in [3.8, 4) is 11.1 Å². The minimum atomic E-state index is 0.542. The molecule has 102 valence electrons. The maximum absolute atomic E-state index is 6.30. The van der Waals surface area contributed by atoms with Crippen molar-refractivity contribution in [2.24, 2.45) is 0 Å². The molecule has 2 nitrogen and oxygen atoms in total. The summed E-state index contributed by atoms with van der Waals surface area (Å²) in [4.78, 5) is 10.8. The van der Waals surface area contributed by atoms with Crippen LogP contribution in [-0.2, 0) is 12.8 Å². The Morgan fingerprint density at radius 3 is 2.45 bits per heavy atom. The van der Waals surface area contributed by atoms with E-state index in [9.17, 15) is 0 Å². The van der Waals surface area contributed by atoms with Gasteiger partial charge in [-0.1, -0.05) is 49.7 Å². The molecular weight excluding hydrogens is 288 g/mol.